The normalized spacial score (nSPS) is 15.2. The average molecular weight is 524 g/mol. The van der Waals surface area contributed by atoms with Crippen LogP contribution in [0, 0.1) is 0 Å². The zero-order valence-electron chi connectivity index (χ0n) is 19.3. The van der Waals surface area contributed by atoms with Crippen molar-refractivity contribution in [3.63, 3.8) is 0 Å². The van der Waals surface area contributed by atoms with Crippen molar-refractivity contribution >= 4 is 53.2 Å². The summed E-state index contributed by atoms with van der Waals surface area (Å²) in [6, 6.07) is 1.53. The van der Waals surface area contributed by atoms with E-state index >= 15 is 0 Å². The number of aliphatic carboxylic acids is 2. The SMILES string of the molecule is CC(O)C(NC(=O)C(N)CC(=O)O)C(=O)NC(Cc1c[nH]c2ccccc12)C(=O)NC(CS)C(=O)O. The lowest BCUT2D eigenvalue weighted by atomic mass is 10.0. The number of benzene rings is 1. The van der Waals surface area contributed by atoms with E-state index in [1.54, 1.807) is 18.3 Å². The Morgan fingerprint density at radius 1 is 1.00 bits per heavy atom. The Morgan fingerprint density at radius 2 is 1.64 bits per heavy atom. The van der Waals surface area contributed by atoms with Crippen LogP contribution >= 0.6 is 12.6 Å². The molecule has 0 aliphatic rings. The molecule has 3 amide bonds. The van der Waals surface area contributed by atoms with Crippen LogP contribution in [-0.4, -0.2) is 86.0 Å². The minimum Gasteiger partial charge on any atom is -0.481 e. The number of carbonyl (C=O) groups excluding carboxylic acids is 3. The summed E-state index contributed by atoms with van der Waals surface area (Å²) in [7, 11) is 0. The van der Waals surface area contributed by atoms with Crippen LogP contribution in [0.2, 0.25) is 0 Å². The summed E-state index contributed by atoms with van der Waals surface area (Å²) in [6.45, 7) is 1.21. The number of carboxylic acid groups (broad SMARTS) is 2. The Hall–Kier alpha value is -3.62. The fourth-order valence-corrected chi connectivity index (χ4v) is 3.64. The van der Waals surface area contributed by atoms with E-state index in [2.05, 4.69) is 33.6 Å². The fourth-order valence-electron chi connectivity index (χ4n) is 3.40. The van der Waals surface area contributed by atoms with Gasteiger partial charge in [-0.3, -0.25) is 19.2 Å². The minimum absolute atomic E-state index is 0.0561. The molecule has 0 spiro atoms. The number of para-hydroxylation sites is 1. The molecule has 0 bridgehead atoms. The van der Waals surface area contributed by atoms with Crippen LogP contribution < -0.4 is 21.7 Å². The number of aliphatic hydroxyl groups is 1. The van der Waals surface area contributed by atoms with E-state index in [1.165, 1.54) is 6.92 Å². The highest BCUT2D eigenvalue weighted by Gasteiger charge is 2.33. The minimum atomic E-state index is -1.57. The van der Waals surface area contributed by atoms with Gasteiger partial charge in [-0.15, -0.1) is 0 Å². The lowest BCUT2D eigenvalue weighted by Gasteiger charge is -2.26. The van der Waals surface area contributed by atoms with Crippen LogP contribution in [0.25, 0.3) is 10.9 Å². The number of aromatic nitrogens is 1. The number of nitrogens with two attached hydrogens (primary N) is 1. The maximum absolute atomic E-state index is 13.0. The molecule has 14 heteroatoms. The molecule has 0 aliphatic carbocycles. The lowest BCUT2D eigenvalue weighted by Crippen LogP contribution is -2.60. The Bertz CT molecular complexity index is 1120. The van der Waals surface area contributed by atoms with Gasteiger partial charge >= 0.3 is 11.9 Å². The molecular weight excluding hydrogens is 494 g/mol. The molecule has 5 unspecified atom stereocenters. The summed E-state index contributed by atoms with van der Waals surface area (Å²) in [4.78, 5) is 63.4. The molecule has 13 nitrogen and oxygen atoms in total. The van der Waals surface area contributed by atoms with Crippen molar-refractivity contribution in [2.45, 2.75) is 50.0 Å². The number of amides is 3. The number of rotatable bonds is 13. The van der Waals surface area contributed by atoms with E-state index in [4.69, 9.17) is 10.8 Å². The van der Waals surface area contributed by atoms with Gasteiger partial charge in [0.25, 0.3) is 0 Å². The highest BCUT2D eigenvalue weighted by atomic mass is 32.1. The molecule has 2 rings (SSSR count). The Balaban J connectivity index is 2.28. The van der Waals surface area contributed by atoms with Crippen LogP contribution in [0.4, 0.5) is 0 Å². The summed E-state index contributed by atoms with van der Waals surface area (Å²) in [5.41, 5.74) is 6.94. The molecule has 36 heavy (non-hydrogen) atoms. The predicted molar refractivity (Wildman–Crippen MR) is 131 cm³/mol. The van der Waals surface area contributed by atoms with Crippen molar-refractivity contribution in [1.29, 1.82) is 0 Å². The zero-order valence-corrected chi connectivity index (χ0v) is 20.2. The van der Waals surface area contributed by atoms with Crippen LogP contribution in [0.1, 0.15) is 18.9 Å². The van der Waals surface area contributed by atoms with Gasteiger partial charge in [-0.05, 0) is 18.6 Å². The monoisotopic (exact) mass is 523 g/mol. The fraction of sp³-hybridized carbons (Fsp3) is 0.409. The first kappa shape index (κ1) is 28.6. The van der Waals surface area contributed by atoms with E-state index in [0.717, 1.165) is 10.9 Å². The first-order chi connectivity index (χ1) is 16.9. The first-order valence-electron chi connectivity index (χ1n) is 10.9. The maximum atomic E-state index is 13.0. The van der Waals surface area contributed by atoms with Crippen LogP contribution in [-0.2, 0) is 30.4 Å². The van der Waals surface area contributed by atoms with Gasteiger partial charge in [0.15, 0.2) is 0 Å². The molecule has 0 saturated heterocycles. The third-order valence-electron chi connectivity index (χ3n) is 5.32. The number of carbonyl (C=O) groups is 5. The van der Waals surface area contributed by atoms with Crippen molar-refractivity contribution < 1.29 is 39.3 Å². The van der Waals surface area contributed by atoms with E-state index < -0.39 is 66.4 Å². The summed E-state index contributed by atoms with van der Waals surface area (Å²) in [6.07, 6.45) is -0.554. The second-order valence-electron chi connectivity index (χ2n) is 8.14. The van der Waals surface area contributed by atoms with Gasteiger partial charge in [0, 0.05) is 29.3 Å². The molecule has 1 heterocycles. The van der Waals surface area contributed by atoms with Crippen molar-refractivity contribution in [3.8, 4) is 0 Å². The largest absolute Gasteiger partial charge is 0.481 e. The predicted octanol–water partition coefficient (Wildman–Crippen LogP) is -1.64. The standard InChI is InChI=1S/C22H29N5O8S/c1-10(28)18(27-19(31)13(23)7-17(29)30)21(33)25-15(20(32)26-16(9-36)22(34)35)6-11-8-24-14-5-3-2-4-12(11)14/h2-5,8,10,13,15-16,18,24,28,36H,6-7,9,23H2,1H3,(H,25,33)(H,26,32)(H,27,31)(H,29,30)(H,34,35). The molecule has 1 aromatic carbocycles. The third kappa shape index (κ3) is 7.69. The molecule has 0 saturated carbocycles. The smallest absolute Gasteiger partial charge is 0.327 e. The molecule has 1 aromatic heterocycles. The van der Waals surface area contributed by atoms with Crippen LogP contribution in [0.15, 0.2) is 30.5 Å². The Labute approximate surface area is 211 Å². The number of thiol groups is 1. The number of hydrogen-bond acceptors (Lipinski definition) is 8. The van der Waals surface area contributed by atoms with Crippen LogP contribution in [0.3, 0.4) is 0 Å². The number of nitrogens with one attached hydrogen (secondary N) is 4. The third-order valence-corrected chi connectivity index (χ3v) is 5.69. The summed E-state index contributed by atoms with van der Waals surface area (Å²) < 4.78 is 0. The Morgan fingerprint density at radius 3 is 2.22 bits per heavy atom. The number of H-pyrrole nitrogens is 1. The van der Waals surface area contributed by atoms with Crippen molar-refractivity contribution in [2.75, 3.05) is 5.75 Å². The van der Waals surface area contributed by atoms with E-state index in [9.17, 15) is 34.2 Å². The lowest BCUT2D eigenvalue weighted by molar-refractivity contribution is -0.141. The van der Waals surface area contributed by atoms with Crippen molar-refractivity contribution in [2.24, 2.45) is 5.73 Å². The van der Waals surface area contributed by atoms with Gasteiger partial charge < -0.3 is 42.0 Å². The Kier molecular flexibility index (Phi) is 10.3. The number of carboxylic acids is 2. The topological polar surface area (TPSA) is 224 Å². The quantitative estimate of drug-likeness (QED) is 0.137. The first-order valence-corrected chi connectivity index (χ1v) is 11.5. The van der Waals surface area contributed by atoms with Gasteiger partial charge in [-0.2, -0.15) is 12.6 Å². The summed E-state index contributed by atoms with van der Waals surface area (Å²) in [5.74, 6) is -5.63. The van der Waals surface area contributed by atoms with Gasteiger partial charge in [0.2, 0.25) is 17.7 Å². The zero-order chi connectivity index (χ0) is 27.0. The van der Waals surface area contributed by atoms with Crippen LogP contribution in [0.5, 0.6) is 0 Å². The summed E-state index contributed by atoms with van der Waals surface area (Å²) >= 11 is 3.92. The second kappa shape index (κ2) is 12.9. The summed E-state index contributed by atoms with van der Waals surface area (Å²) in [5, 5.41) is 35.9. The number of hydrogen-bond donors (Lipinski definition) is 9. The van der Waals surface area contributed by atoms with Crippen molar-refractivity contribution in [1.82, 2.24) is 20.9 Å². The molecule has 5 atom stereocenters. The van der Waals surface area contributed by atoms with E-state index in [0.29, 0.717) is 5.56 Å². The molecule has 0 radical (unpaired) electrons. The number of aromatic amines is 1. The van der Waals surface area contributed by atoms with Gasteiger partial charge in [0.05, 0.1) is 18.6 Å². The molecular formula is C22H29N5O8S. The van der Waals surface area contributed by atoms with E-state index in [-0.39, 0.29) is 12.2 Å². The molecule has 196 valence electrons. The average Bonchev–Trinajstić information content (AvgIpc) is 3.22. The highest BCUT2D eigenvalue weighted by molar-refractivity contribution is 7.80. The second-order valence-corrected chi connectivity index (χ2v) is 8.50. The van der Waals surface area contributed by atoms with Gasteiger partial charge in [-0.25, -0.2) is 4.79 Å². The van der Waals surface area contributed by atoms with Gasteiger partial charge in [0.1, 0.15) is 18.1 Å². The van der Waals surface area contributed by atoms with Crippen molar-refractivity contribution in [3.05, 3.63) is 36.0 Å². The molecule has 0 fully saturated rings. The maximum Gasteiger partial charge on any atom is 0.327 e. The van der Waals surface area contributed by atoms with E-state index in [1.807, 2.05) is 12.1 Å². The molecule has 0 aliphatic heterocycles. The van der Waals surface area contributed by atoms with Gasteiger partial charge in [-0.1, -0.05) is 18.2 Å². The highest BCUT2D eigenvalue weighted by Crippen LogP contribution is 2.19. The number of fused-ring (bicyclic) bond motifs is 1. The number of aliphatic hydroxyl groups excluding tert-OH is 1. The molecule has 9 N–H and O–H groups in total. The molecule has 2 aromatic rings.